The molecule has 2 heterocycles. The van der Waals surface area contributed by atoms with Crippen molar-refractivity contribution < 1.29 is 9.53 Å². The Bertz CT molecular complexity index is 654. The van der Waals surface area contributed by atoms with Gasteiger partial charge in [0.05, 0.1) is 24.3 Å². The van der Waals surface area contributed by atoms with Crippen LogP contribution in [0, 0.1) is 0 Å². The molecule has 1 amide bonds. The molecule has 20 heavy (non-hydrogen) atoms. The molecule has 0 aliphatic carbocycles. The van der Waals surface area contributed by atoms with Crippen LogP contribution in [0.4, 0.5) is 5.82 Å². The number of nitrogens with zero attached hydrogens (tertiary/aromatic N) is 2. The van der Waals surface area contributed by atoms with E-state index in [0.717, 1.165) is 22.7 Å². The molecule has 0 saturated heterocycles. The molecule has 0 unspecified atom stereocenters. The average molecular weight is 289 g/mol. The SMILES string of the molecule is COc1ccccc1[C@H]1SCC(=O)Nc2c1cnn2C. The number of rotatable bonds is 2. The van der Waals surface area contributed by atoms with Gasteiger partial charge >= 0.3 is 0 Å². The number of anilines is 1. The Morgan fingerprint density at radius 2 is 2.20 bits per heavy atom. The first-order valence-electron chi connectivity index (χ1n) is 6.27. The number of ether oxygens (including phenoxy) is 1. The van der Waals surface area contributed by atoms with E-state index in [2.05, 4.69) is 10.4 Å². The normalized spacial score (nSPS) is 18.1. The minimum atomic E-state index is -0.00255. The zero-order chi connectivity index (χ0) is 14.1. The van der Waals surface area contributed by atoms with E-state index in [-0.39, 0.29) is 11.2 Å². The third-order valence-corrected chi connectivity index (χ3v) is 4.58. The van der Waals surface area contributed by atoms with Crippen LogP contribution in [0.3, 0.4) is 0 Å². The van der Waals surface area contributed by atoms with E-state index < -0.39 is 0 Å². The van der Waals surface area contributed by atoms with E-state index in [0.29, 0.717) is 5.75 Å². The van der Waals surface area contributed by atoms with Crippen LogP contribution in [0.25, 0.3) is 0 Å². The molecular formula is C14H15N3O2S. The standard InChI is InChI=1S/C14H15N3O2S/c1-17-14-10(7-15-17)13(20-8-12(18)16-14)9-5-3-4-6-11(9)19-2/h3-7,13H,8H2,1-2H3,(H,16,18)/t13-/m1/s1. The molecule has 1 aliphatic heterocycles. The van der Waals surface area contributed by atoms with Gasteiger partial charge in [-0.25, -0.2) is 0 Å². The number of amides is 1. The summed E-state index contributed by atoms with van der Waals surface area (Å²) >= 11 is 1.59. The summed E-state index contributed by atoms with van der Waals surface area (Å²) in [7, 11) is 3.49. The summed E-state index contributed by atoms with van der Waals surface area (Å²) in [6.45, 7) is 0. The predicted octanol–water partition coefficient (Wildman–Crippen LogP) is 2.20. The van der Waals surface area contributed by atoms with Gasteiger partial charge < -0.3 is 10.1 Å². The van der Waals surface area contributed by atoms with Crippen LogP contribution in [0.1, 0.15) is 16.4 Å². The number of hydrogen-bond donors (Lipinski definition) is 1. The minimum Gasteiger partial charge on any atom is -0.496 e. The number of carbonyl (C=O) groups excluding carboxylic acids is 1. The molecule has 1 N–H and O–H groups in total. The smallest absolute Gasteiger partial charge is 0.235 e. The van der Waals surface area contributed by atoms with Crippen molar-refractivity contribution in [2.75, 3.05) is 18.2 Å². The molecule has 1 aliphatic rings. The fraction of sp³-hybridized carbons (Fsp3) is 0.286. The predicted molar refractivity (Wildman–Crippen MR) is 79.1 cm³/mol. The molecule has 1 aromatic heterocycles. The Morgan fingerprint density at radius 1 is 1.40 bits per heavy atom. The minimum absolute atomic E-state index is 0.00255. The third kappa shape index (κ3) is 2.16. The van der Waals surface area contributed by atoms with Crippen molar-refractivity contribution in [3.05, 3.63) is 41.6 Å². The summed E-state index contributed by atoms with van der Waals surface area (Å²) in [5, 5.41) is 7.20. The van der Waals surface area contributed by atoms with Gasteiger partial charge in [0.1, 0.15) is 11.6 Å². The van der Waals surface area contributed by atoms with E-state index in [1.54, 1.807) is 23.6 Å². The molecule has 2 aromatic rings. The highest BCUT2D eigenvalue weighted by atomic mass is 32.2. The van der Waals surface area contributed by atoms with Gasteiger partial charge in [-0.3, -0.25) is 9.48 Å². The lowest BCUT2D eigenvalue weighted by Crippen LogP contribution is -2.15. The molecule has 0 spiro atoms. The lowest BCUT2D eigenvalue weighted by molar-refractivity contribution is -0.113. The second kappa shape index (κ2) is 5.20. The highest BCUT2D eigenvalue weighted by Crippen LogP contribution is 2.44. The number of nitrogens with one attached hydrogen (secondary N) is 1. The van der Waals surface area contributed by atoms with Crippen molar-refractivity contribution in [2.45, 2.75) is 5.25 Å². The highest BCUT2D eigenvalue weighted by molar-refractivity contribution is 8.00. The van der Waals surface area contributed by atoms with Crippen LogP contribution in [0.5, 0.6) is 5.75 Å². The second-order valence-electron chi connectivity index (χ2n) is 4.55. The summed E-state index contributed by atoms with van der Waals surface area (Å²) < 4.78 is 7.14. The number of benzene rings is 1. The van der Waals surface area contributed by atoms with Crippen LogP contribution < -0.4 is 10.1 Å². The molecule has 104 valence electrons. The fourth-order valence-electron chi connectivity index (χ4n) is 2.36. The van der Waals surface area contributed by atoms with Crippen LogP contribution in [-0.2, 0) is 11.8 Å². The number of carbonyl (C=O) groups is 1. The molecular weight excluding hydrogens is 274 g/mol. The first-order valence-corrected chi connectivity index (χ1v) is 7.32. The Balaban J connectivity index is 2.11. The number of hydrogen-bond acceptors (Lipinski definition) is 4. The van der Waals surface area contributed by atoms with Gasteiger partial charge in [0.25, 0.3) is 0 Å². The molecule has 1 aromatic carbocycles. The van der Waals surface area contributed by atoms with Crippen LogP contribution in [0.2, 0.25) is 0 Å². The Hall–Kier alpha value is -1.95. The maximum absolute atomic E-state index is 11.8. The molecule has 3 rings (SSSR count). The molecule has 0 bridgehead atoms. The van der Waals surface area contributed by atoms with E-state index >= 15 is 0 Å². The van der Waals surface area contributed by atoms with E-state index in [4.69, 9.17) is 4.74 Å². The van der Waals surface area contributed by atoms with Gasteiger partial charge in [-0.05, 0) is 6.07 Å². The number of para-hydroxylation sites is 1. The van der Waals surface area contributed by atoms with E-state index in [1.807, 2.05) is 37.5 Å². The first kappa shape index (κ1) is 13.1. The van der Waals surface area contributed by atoms with Crippen molar-refractivity contribution in [2.24, 2.45) is 7.05 Å². The van der Waals surface area contributed by atoms with Crippen molar-refractivity contribution in [1.82, 2.24) is 9.78 Å². The Labute approximate surface area is 121 Å². The summed E-state index contributed by atoms with van der Waals surface area (Å²) in [6, 6.07) is 7.89. The molecule has 0 fully saturated rings. The molecule has 0 radical (unpaired) electrons. The highest BCUT2D eigenvalue weighted by Gasteiger charge is 2.28. The number of fused-ring (bicyclic) bond motifs is 1. The number of aryl methyl sites for hydroxylation is 1. The number of aromatic nitrogens is 2. The zero-order valence-electron chi connectivity index (χ0n) is 11.3. The van der Waals surface area contributed by atoms with Gasteiger partial charge in [0.15, 0.2) is 0 Å². The lowest BCUT2D eigenvalue weighted by atomic mass is 10.1. The maximum atomic E-state index is 11.8. The summed E-state index contributed by atoms with van der Waals surface area (Å²) in [6.07, 6.45) is 1.81. The van der Waals surface area contributed by atoms with Crippen LogP contribution >= 0.6 is 11.8 Å². The van der Waals surface area contributed by atoms with E-state index in [1.165, 1.54) is 0 Å². The first-order chi connectivity index (χ1) is 9.70. The van der Waals surface area contributed by atoms with Gasteiger partial charge in [0.2, 0.25) is 5.91 Å². The van der Waals surface area contributed by atoms with Gasteiger partial charge in [-0.15, -0.1) is 11.8 Å². The molecule has 6 heteroatoms. The summed E-state index contributed by atoms with van der Waals surface area (Å²) in [5.74, 6) is 2.00. The Morgan fingerprint density at radius 3 is 3.00 bits per heavy atom. The fourth-order valence-corrected chi connectivity index (χ4v) is 3.47. The quantitative estimate of drug-likeness (QED) is 0.921. The largest absolute Gasteiger partial charge is 0.496 e. The molecule has 0 saturated carbocycles. The van der Waals surface area contributed by atoms with Crippen molar-refractivity contribution in [3.8, 4) is 5.75 Å². The summed E-state index contributed by atoms with van der Waals surface area (Å²) in [4.78, 5) is 11.8. The summed E-state index contributed by atoms with van der Waals surface area (Å²) in [5.41, 5.74) is 2.07. The second-order valence-corrected chi connectivity index (χ2v) is 5.65. The Kier molecular flexibility index (Phi) is 3.40. The van der Waals surface area contributed by atoms with Crippen molar-refractivity contribution in [1.29, 1.82) is 0 Å². The monoisotopic (exact) mass is 289 g/mol. The average Bonchev–Trinajstić information content (AvgIpc) is 2.72. The van der Waals surface area contributed by atoms with Gasteiger partial charge in [-0.2, -0.15) is 5.10 Å². The van der Waals surface area contributed by atoms with Crippen molar-refractivity contribution >= 4 is 23.5 Å². The van der Waals surface area contributed by atoms with Crippen LogP contribution in [0.15, 0.2) is 30.5 Å². The lowest BCUT2D eigenvalue weighted by Gasteiger charge is -2.17. The number of thioether (sulfide) groups is 1. The van der Waals surface area contributed by atoms with E-state index in [9.17, 15) is 4.79 Å². The van der Waals surface area contributed by atoms with Crippen LogP contribution in [-0.4, -0.2) is 28.6 Å². The third-order valence-electron chi connectivity index (χ3n) is 3.31. The van der Waals surface area contributed by atoms with Gasteiger partial charge in [-0.1, -0.05) is 18.2 Å². The number of methoxy groups -OCH3 is 1. The van der Waals surface area contributed by atoms with Gasteiger partial charge in [0, 0.05) is 18.2 Å². The molecule has 5 nitrogen and oxygen atoms in total. The maximum Gasteiger partial charge on any atom is 0.235 e. The topological polar surface area (TPSA) is 56.1 Å². The van der Waals surface area contributed by atoms with Crippen molar-refractivity contribution in [3.63, 3.8) is 0 Å². The zero-order valence-corrected chi connectivity index (χ0v) is 12.1. The molecule has 1 atom stereocenters.